The number of aryl methyl sites for hydroxylation is 1. The molecular formula is C23H24F4N6O4. The molecule has 0 bridgehead atoms. The monoisotopic (exact) mass is 524 g/mol. The summed E-state index contributed by atoms with van der Waals surface area (Å²) in [5.74, 6) is -0.310. The molecule has 0 saturated carbocycles. The van der Waals surface area contributed by atoms with Crippen LogP contribution in [0, 0.1) is 0 Å². The van der Waals surface area contributed by atoms with Gasteiger partial charge in [0.2, 0.25) is 11.8 Å². The number of hydrogen-bond donors (Lipinski definition) is 2. The van der Waals surface area contributed by atoms with E-state index in [1.165, 1.54) is 28.8 Å². The third-order valence-corrected chi connectivity index (χ3v) is 5.68. The van der Waals surface area contributed by atoms with Gasteiger partial charge in [0.25, 0.3) is 6.43 Å². The third kappa shape index (κ3) is 4.85. The minimum absolute atomic E-state index is 0.0119. The summed E-state index contributed by atoms with van der Waals surface area (Å²) in [7, 11) is 1.53. The topological polar surface area (TPSA) is 112 Å². The number of aromatic amines is 1. The van der Waals surface area contributed by atoms with Crippen molar-refractivity contribution in [2.24, 2.45) is 7.05 Å². The van der Waals surface area contributed by atoms with Crippen molar-refractivity contribution in [3.05, 3.63) is 30.2 Å². The van der Waals surface area contributed by atoms with E-state index in [9.17, 15) is 22.7 Å². The van der Waals surface area contributed by atoms with Gasteiger partial charge in [0, 0.05) is 30.4 Å². The summed E-state index contributed by atoms with van der Waals surface area (Å²) in [6.07, 6.45) is -0.555. The predicted molar refractivity (Wildman–Crippen MR) is 123 cm³/mol. The summed E-state index contributed by atoms with van der Waals surface area (Å²) >= 11 is 0. The number of H-pyrrole nitrogens is 1. The van der Waals surface area contributed by atoms with Crippen LogP contribution in [0.25, 0.3) is 33.4 Å². The molecule has 0 saturated heterocycles. The van der Waals surface area contributed by atoms with Crippen molar-refractivity contribution in [2.75, 3.05) is 13.2 Å². The first kappa shape index (κ1) is 25.0. The Hall–Kier alpha value is -3.65. The molecule has 0 aliphatic carbocycles. The van der Waals surface area contributed by atoms with Crippen LogP contribution < -0.4 is 9.47 Å². The zero-order valence-corrected chi connectivity index (χ0v) is 20.1. The van der Waals surface area contributed by atoms with E-state index >= 15 is 0 Å². The Bertz CT molecular complexity index is 1420. The Morgan fingerprint density at radius 1 is 1.24 bits per heavy atom. The van der Waals surface area contributed by atoms with Gasteiger partial charge in [0.05, 0.1) is 35.6 Å². The maximum Gasteiger partial charge on any atom is 0.388 e. The number of pyridine rings is 1. The zero-order valence-electron chi connectivity index (χ0n) is 20.1. The van der Waals surface area contributed by atoms with E-state index in [-0.39, 0.29) is 53.9 Å². The fraction of sp³-hybridized carbons (Fsp3) is 0.435. The van der Waals surface area contributed by atoms with Crippen LogP contribution in [0.4, 0.5) is 17.6 Å². The van der Waals surface area contributed by atoms with Crippen LogP contribution in [0.3, 0.4) is 0 Å². The van der Waals surface area contributed by atoms with Crippen LogP contribution in [-0.2, 0) is 18.3 Å². The molecule has 14 heteroatoms. The Kier molecular flexibility index (Phi) is 6.31. The quantitative estimate of drug-likeness (QED) is 0.336. The van der Waals surface area contributed by atoms with Gasteiger partial charge < -0.3 is 24.3 Å². The largest absolute Gasteiger partial charge is 0.474 e. The van der Waals surface area contributed by atoms with Gasteiger partial charge in [-0.1, -0.05) is 0 Å². The maximum atomic E-state index is 14.3. The second-order valence-electron chi connectivity index (χ2n) is 9.28. The van der Waals surface area contributed by atoms with E-state index in [4.69, 9.17) is 9.47 Å². The van der Waals surface area contributed by atoms with Crippen LogP contribution in [0.15, 0.2) is 24.5 Å². The fourth-order valence-electron chi connectivity index (χ4n) is 4.26. The van der Waals surface area contributed by atoms with Crippen LogP contribution >= 0.6 is 0 Å². The summed E-state index contributed by atoms with van der Waals surface area (Å²) in [4.78, 5) is 7.30. The molecule has 0 aromatic carbocycles. The Labute approximate surface area is 207 Å². The number of rotatable bonds is 8. The molecule has 5 heterocycles. The second kappa shape index (κ2) is 9.34. The molecule has 198 valence electrons. The molecule has 0 amide bonds. The molecule has 5 rings (SSSR count). The summed E-state index contributed by atoms with van der Waals surface area (Å²) in [6, 6.07) is 3.31. The van der Waals surface area contributed by atoms with Crippen molar-refractivity contribution in [3.8, 4) is 34.1 Å². The number of fused-ring (bicyclic) bond motifs is 2. The lowest BCUT2D eigenvalue weighted by Crippen LogP contribution is -2.37. The van der Waals surface area contributed by atoms with E-state index in [1.807, 2.05) is 0 Å². The highest BCUT2D eigenvalue weighted by Crippen LogP contribution is 2.47. The standard InChI is InChI=1S/C23H24F4N6O4/c1-23(2,34)10-36-11-7-33-21(35-9-11)15(17(30-33)18(24)25)16-14(12-5-4-6-28-19(12)29-16)13-8-32(3)31-20(13)37-22(26)27/h4-6,8,11,18,22,34H,7,9-10H2,1-3H3,(H,28,29)/t11-/m0/s1. The maximum absolute atomic E-state index is 14.3. The van der Waals surface area contributed by atoms with Gasteiger partial charge in [-0.2, -0.15) is 13.9 Å². The molecule has 0 radical (unpaired) electrons. The van der Waals surface area contributed by atoms with E-state index in [1.54, 1.807) is 26.0 Å². The molecule has 0 fully saturated rings. The van der Waals surface area contributed by atoms with Crippen LogP contribution in [0.5, 0.6) is 11.8 Å². The molecule has 2 N–H and O–H groups in total. The average molecular weight is 524 g/mol. The number of aromatic nitrogens is 6. The van der Waals surface area contributed by atoms with E-state index in [0.29, 0.717) is 11.0 Å². The average Bonchev–Trinajstić information content (AvgIpc) is 3.48. The molecule has 0 unspecified atom stereocenters. The van der Waals surface area contributed by atoms with Crippen LogP contribution in [0.1, 0.15) is 26.0 Å². The van der Waals surface area contributed by atoms with E-state index < -0.39 is 30.4 Å². The zero-order chi connectivity index (χ0) is 26.5. The molecule has 0 spiro atoms. The van der Waals surface area contributed by atoms with Crippen molar-refractivity contribution in [1.29, 1.82) is 0 Å². The third-order valence-electron chi connectivity index (χ3n) is 5.68. The Balaban J connectivity index is 1.67. The minimum Gasteiger partial charge on any atom is -0.474 e. The molecule has 1 aliphatic heterocycles. The van der Waals surface area contributed by atoms with Crippen molar-refractivity contribution < 1.29 is 36.9 Å². The van der Waals surface area contributed by atoms with Gasteiger partial charge in [-0.3, -0.25) is 4.68 Å². The number of ether oxygens (including phenoxy) is 3. The molecule has 1 aliphatic rings. The van der Waals surface area contributed by atoms with Crippen molar-refractivity contribution >= 4 is 11.0 Å². The van der Waals surface area contributed by atoms with E-state index in [0.717, 1.165) is 0 Å². The first-order chi connectivity index (χ1) is 17.5. The van der Waals surface area contributed by atoms with Crippen molar-refractivity contribution in [1.82, 2.24) is 29.5 Å². The van der Waals surface area contributed by atoms with Gasteiger partial charge >= 0.3 is 6.61 Å². The normalized spacial score (nSPS) is 16.0. The number of nitrogens with zero attached hydrogens (tertiary/aromatic N) is 5. The number of hydrogen-bond acceptors (Lipinski definition) is 7. The fourth-order valence-corrected chi connectivity index (χ4v) is 4.26. The Morgan fingerprint density at radius 3 is 2.73 bits per heavy atom. The van der Waals surface area contributed by atoms with Gasteiger partial charge in [-0.05, 0) is 26.0 Å². The summed E-state index contributed by atoms with van der Waals surface area (Å²) in [5.41, 5.74) is -0.762. The summed E-state index contributed by atoms with van der Waals surface area (Å²) < 4.78 is 73.6. The molecule has 37 heavy (non-hydrogen) atoms. The van der Waals surface area contributed by atoms with Crippen LogP contribution in [-0.4, -0.2) is 66.2 Å². The lowest BCUT2D eigenvalue weighted by molar-refractivity contribution is -0.0786. The number of nitrogens with one attached hydrogen (secondary N) is 1. The van der Waals surface area contributed by atoms with Gasteiger partial charge in [-0.15, -0.1) is 5.10 Å². The number of halogens is 4. The minimum atomic E-state index is -3.15. The van der Waals surface area contributed by atoms with Crippen molar-refractivity contribution in [3.63, 3.8) is 0 Å². The van der Waals surface area contributed by atoms with Gasteiger partial charge in [-0.25, -0.2) is 18.4 Å². The van der Waals surface area contributed by atoms with E-state index in [2.05, 4.69) is 24.9 Å². The second-order valence-corrected chi connectivity index (χ2v) is 9.28. The molecule has 10 nitrogen and oxygen atoms in total. The molecule has 4 aromatic heterocycles. The highest BCUT2D eigenvalue weighted by Gasteiger charge is 2.35. The smallest absolute Gasteiger partial charge is 0.388 e. The molecular weight excluding hydrogens is 500 g/mol. The number of alkyl halides is 4. The highest BCUT2D eigenvalue weighted by molar-refractivity contribution is 6.04. The van der Waals surface area contributed by atoms with Gasteiger partial charge in [0.15, 0.2) is 0 Å². The van der Waals surface area contributed by atoms with Gasteiger partial charge in [0.1, 0.15) is 24.1 Å². The lowest BCUT2D eigenvalue weighted by atomic mass is 10.0. The predicted octanol–water partition coefficient (Wildman–Crippen LogP) is 3.91. The first-order valence-corrected chi connectivity index (χ1v) is 11.3. The highest BCUT2D eigenvalue weighted by atomic mass is 19.3. The number of aliphatic hydroxyl groups is 1. The molecule has 1 atom stereocenters. The van der Waals surface area contributed by atoms with Crippen LogP contribution in [0.2, 0.25) is 0 Å². The van der Waals surface area contributed by atoms with Crippen molar-refractivity contribution in [2.45, 2.75) is 45.1 Å². The molecule has 4 aromatic rings. The summed E-state index contributed by atoms with van der Waals surface area (Å²) in [5, 5.41) is 18.5. The Morgan fingerprint density at radius 2 is 2.03 bits per heavy atom. The summed E-state index contributed by atoms with van der Waals surface area (Å²) in [6.45, 7) is 0.157. The first-order valence-electron chi connectivity index (χ1n) is 11.3. The SMILES string of the molecule is Cn1cc(-c2c(-c3c(C(F)F)nn4c3OC[C@@H](OCC(C)(C)O)C4)[nH]c3ncccc23)c(OC(F)F)n1. The lowest BCUT2D eigenvalue weighted by Gasteiger charge is -2.27.